The van der Waals surface area contributed by atoms with Crippen molar-refractivity contribution >= 4 is 23.3 Å². The van der Waals surface area contributed by atoms with Crippen LogP contribution < -0.4 is 10.2 Å². The monoisotopic (exact) mass is 421 g/mol. The van der Waals surface area contributed by atoms with Gasteiger partial charge in [-0.15, -0.1) is 0 Å². The second-order valence-corrected chi connectivity index (χ2v) is 7.31. The van der Waals surface area contributed by atoms with E-state index in [0.29, 0.717) is 35.6 Å². The van der Waals surface area contributed by atoms with Gasteiger partial charge in [-0.05, 0) is 61.0 Å². The fourth-order valence-corrected chi connectivity index (χ4v) is 3.53. The van der Waals surface area contributed by atoms with E-state index >= 15 is 0 Å². The number of hydrogen-bond acceptors (Lipinski definition) is 2. The SMILES string of the molecule is O=C(Nc1ccc(N2CCCN(Cc3ccccc3F)C2=O)cc1)c1ccc(F)cc1. The average Bonchev–Trinajstić information content (AvgIpc) is 2.78. The van der Waals surface area contributed by atoms with E-state index < -0.39 is 5.82 Å². The summed E-state index contributed by atoms with van der Waals surface area (Å²) < 4.78 is 27.0. The fourth-order valence-electron chi connectivity index (χ4n) is 3.53. The van der Waals surface area contributed by atoms with Crippen molar-refractivity contribution < 1.29 is 18.4 Å². The minimum atomic E-state index is -0.406. The lowest BCUT2D eigenvalue weighted by Gasteiger charge is -2.35. The molecule has 0 spiro atoms. The summed E-state index contributed by atoms with van der Waals surface area (Å²) in [6.45, 7) is 1.34. The molecule has 0 radical (unpaired) electrons. The molecule has 3 aromatic carbocycles. The first-order valence-corrected chi connectivity index (χ1v) is 9.98. The van der Waals surface area contributed by atoms with Crippen LogP contribution in [0.2, 0.25) is 0 Å². The van der Waals surface area contributed by atoms with Crippen LogP contribution >= 0.6 is 0 Å². The number of urea groups is 1. The molecule has 1 fully saturated rings. The summed E-state index contributed by atoms with van der Waals surface area (Å²) >= 11 is 0. The summed E-state index contributed by atoms with van der Waals surface area (Å²) in [5.41, 5.74) is 2.09. The normalized spacial score (nSPS) is 13.9. The molecule has 1 aliphatic rings. The largest absolute Gasteiger partial charge is 0.324 e. The number of benzene rings is 3. The van der Waals surface area contributed by atoms with Gasteiger partial charge in [-0.3, -0.25) is 9.69 Å². The number of carbonyl (C=O) groups excluding carboxylic acids is 2. The van der Waals surface area contributed by atoms with Gasteiger partial charge in [0.05, 0.1) is 6.54 Å². The van der Waals surface area contributed by atoms with Crippen molar-refractivity contribution in [2.75, 3.05) is 23.3 Å². The van der Waals surface area contributed by atoms with Crippen molar-refractivity contribution in [3.63, 3.8) is 0 Å². The Hall–Kier alpha value is -3.74. The minimum Gasteiger partial charge on any atom is -0.322 e. The fraction of sp³-hybridized carbons (Fsp3) is 0.167. The van der Waals surface area contributed by atoms with Crippen LogP contribution in [0.4, 0.5) is 25.0 Å². The van der Waals surface area contributed by atoms with E-state index in [1.54, 1.807) is 52.3 Å². The number of halogens is 2. The van der Waals surface area contributed by atoms with E-state index in [9.17, 15) is 18.4 Å². The second-order valence-electron chi connectivity index (χ2n) is 7.31. The molecule has 4 rings (SSSR count). The Morgan fingerprint density at radius 3 is 2.32 bits per heavy atom. The number of nitrogens with one attached hydrogen (secondary N) is 1. The zero-order valence-corrected chi connectivity index (χ0v) is 16.7. The summed E-state index contributed by atoms with van der Waals surface area (Å²) in [4.78, 5) is 28.5. The van der Waals surface area contributed by atoms with Crippen LogP contribution in [0, 0.1) is 11.6 Å². The molecule has 0 unspecified atom stereocenters. The van der Waals surface area contributed by atoms with Crippen LogP contribution in [0.1, 0.15) is 22.3 Å². The molecule has 1 heterocycles. The van der Waals surface area contributed by atoms with Crippen LogP contribution in [-0.2, 0) is 6.54 Å². The van der Waals surface area contributed by atoms with Gasteiger partial charge in [0.2, 0.25) is 0 Å². The zero-order chi connectivity index (χ0) is 21.8. The third-order valence-corrected chi connectivity index (χ3v) is 5.17. The maximum absolute atomic E-state index is 14.0. The number of anilines is 2. The molecule has 0 aliphatic carbocycles. The van der Waals surface area contributed by atoms with Crippen molar-refractivity contribution in [3.8, 4) is 0 Å². The van der Waals surface area contributed by atoms with Gasteiger partial charge in [0, 0.05) is 35.6 Å². The number of nitrogens with zero attached hydrogens (tertiary/aromatic N) is 2. The lowest BCUT2D eigenvalue weighted by molar-refractivity contribution is 0.102. The van der Waals surface area contributed by atoms with Crippen LogP contribution in [-0.4, -0.2) is 29.9 Å². The van der Waals surface area contributed by atoms with Crippen molar-refractivity contribution in [2.24, 2.45) is 0 Å². The molecule has 31 heavy (non-hydrogen) atoms. The molecular weight excluding hydrogens is 400 g/mol. The molecule has 1 saturated heterocycles. The highest BCUT2D eigenvalue weighted by molar-refractivity contribution is 6.04. The molecule has 5 nitrogen and oxygen atoms in total. The van der Waals surface area contributed by atoms with Crippen molar-refractivity contribution in [1.29, 1.82) is 0 Å². The van der Waals surface area contributed by atoms with Crippen molar-refractivity contribution in [3.05, 3.63) is 95.6 Å². The number of carbonyl (C=O) groups is 2. The summed E-state index contributed by atoms with van der Waals surface area (Å²) in [6, 6.07) is 18.5. The molecule has 3 aromatic rings. The van der Waals surface area contributed by atoms with Crippen LogP contribution in [0.25, 0.3) is 0 Å². The molecule has 0 aromatic heterocycles. The van der Waals surface area contributed by atoms with E-state index in [2.05, 4.69) is 5.32 Å². The predicted octanol–water partition coefficient (Wildman–Crippen LogP) is 5.05. The van der Waals surface area contributed by atoms with Crippen LogP contribution in [0.15, 0.2) is 72.8 Å². The van der Waals surface area contributed by atoms with Gasteiger partial charge >= 0.3 is 6.03 Å². The topological polar surface area (TPSA) is 52.7 Å². The van der Waals surface area contributed by atoms with E-state index in [4.69, 9.17) is 0 Å². The minimum absolute atomic E-state index is 0.183. The van der Waals surface area contributed by atoms with E-state index in [1.807, 2.05) is 0 Å². The number of rotatable bonds is 5. The maximum Gasteiger partial charge on any atom is 0.324 e. The molecule has 3 amide bonds. The quantitative estimate of drug-likeness (QED) is 0.627. The van der Waals surface area contributed by atoms with Crippen LogP contribution in [0.5, 0.6) is 0 Å². The second kappa shape index (κ2) is 8.95. The van der Waals surface area contributed by atoms with Gasteiger partial charge < -0.3 is 10.2 Å². The summed E-state index contributed by atoms with van der Waals surface area (Å²) in [5, 5.41) is 2.75. The van der Waals surface area contributed by atoms with Crippen molar-refractivity contribution in [1.82, 2.24) is 4.90 Å². The summed E-state index contributed by atoms with van der Waals surface area (Å²) in [5.74, 6) is -1.08. The Kier molecular flexibility index (Phi) is 5.93. The number of hydrogen-bond donors (Lipinski definition) is 1. The molecular formula is C24H21F2N3O2. The van der Waals surface area contributed by atoms with Gasteiger partial charge in [0.1, 0.15) is 11.6 Å². The first-order valence-electron chi connectivity index (χ1n) is 9.98. The van der Waals surface area contributed by atoms with Crippen LogP contribution in [0.3, 0.4) is 0 Å². The van der Waals surface area contributed by atoms with Gasteiger partial charge in [-0.1, -0.05) is 18.2 Å². The van der Waals surface area contributed by atoms with E-state index in [1.165, 1.54) is 30.3 Å². The van der Waals surface area contributed by atoms with E-state index in [0.717, 1.165) is 6.42 Å². The first kappa shape index (κ1) is 20.5. The van der Waals surface area contributed by atoms with Crippen molar-refractivity contribution in [2.45, 2.75) is 13.0 Å². The molecule has 1 aliphatic heterocycles. The Bertz CT molecular complexity index is 1080. The Morgan fingerprint density at radius 2 is 1.61 bits per heavy atom. The third kappa shape index (κ3) is 4.71. The highest BCUT2D eigenvalue weighted by Crippen LogP contribution is 2.24. The molecule has 0 atom stereocenters. The molecule has 0 saturated carbocycles. The zero-order valence-electron chi connectivity index (χ0n) is 16.7. The standard InChI is InChI=1S/C24H21F2N3O2/c25-19-8-6-17(7-9-19)23(30)27-20-10-12-21(13-11-20)29-15-3-14-28(24(29)31)16-18-4-1-2-5-22(18)26/h1-2,4-13H,3,14-16H2,(H,27,30). The van der Waals surface area contributed by atoms with Gasteiger partial charge in [0.15, 0.2) is 0 Å². The number of amides is 3. The van der Waals surface area contributed by atoms with Gasteiger partial charge in [-0.2, -0.15) is 0 Å². The summed E-state index contributed by atoms with van der Waals surface area (Å²) in [7, 11) is 0. The molecule has 1 N–H and O–H groups in total. The molecule has 7 heteroatoms. The Labute approximate surface area is 178 Å². The third-order valence-electron chi connectivity index (χ3n) is 5.17. The van der Waals surface area contributed by atoms with Gasteiger partial charge in [-0.25, -0.2) is 13.6 Å². The van der Waals surface area contributed by atoms with E-state index in [-0.39, 0.29) is 24.3 Å². The van der Waals surface area contributed by atoms with Gasteiger partial charge in [0.25, 0.3) is 5.91 Å². The lowest BCUT2D eigenvalue weighted by Crippen LogP contribution is -2.49. The Balaban J connectivity index is 1.43. The highest BCUT2D eigenvalue weighted by Gasteiger charge is 2.27. The highest BCUT2D eigenvalue weighted by atomic mass is 19.1. The maximum atomic E-state index is 14.0. The first-order chi connectivity index (χ1) is 15.0. The average molecular weight is 421 g/mol. The molecule has 158 valence electrons. The Morgan fingerprint density at radius 1 is 0.903 bits per heavy atom. The molecule has 0 bridgehead atoms. The summed E-state index contributed by atoms with van der Waals surface area (Å²) in [6.07, 6.45) is 0.767. The smallest absolute Gasteiger partial charge is 0.322 e. The lowest BCUT2D eigenvalue weighted by atomic mass is 10.1. The predicted molar refractivity (Wildman–Crippen MR) is 115 cm³/mol.